The van der Waals surface area contributed by atoms with Gasteiger partial charge in [0.2, 0.25) is 23.6 Å². The van der Waals surface area contributed by atoms with E-state index in [-0.39, 0.29) is 17.5 Å². The number of aromatic nitrogens is 2. The molecule has 0 atom stereocenters. The molecule has 0 amide bonds. The number of benzene rings is 1. The molecule has 0 radical (unpaired) electrons. The minimum atomic E-state index is -0.559. The van der Waals surface area contributed by atoms with Gasteiger partial charge in [-0.15, -0.1) is 0 Å². The predicted octanol–water partition coefficient (Wildman–Crippen LogP) is 1.75. The number of nitrogens with one attached hydrogen (secondary N) is 1. The number of rotatable bonds is 5. The number of nitrogens with zero attached hydrogens (tertiary/aromatic N) is 3. The molecule has 0 saturated carbocycles. The molecule has 24 heavy (non-hydrogen) atoms. The van der Waals surface area contributed by atoms with Crippen LogP contribution in [0.15, 0.2) is 53.3 Å². The Balaban J connectivity index is 1.82. The number of cyclic esters (lactones) is 1. The van der Waals surface area contributed by atoms with E-state index in [4.69, 9.17) is 14.2 Å². The Morgan fingerprint density at radius 1 is 1.08 bits per heavy atom. The van der Waals surface area contributed by atoms with Crippen LogP contribution in [0.25, 0.3) is 0 Å². The first-order valence-electron chi connectivity index (χ1n) is 6.99. The second-order valence-corrected chi connectivity index (χ2v) is 4.62. The van der Waals surface area contributed by atoms with Crippen molar-refractivity contribution in [3.8, 4) is 11.8 Å². The summed E-state index contributed by atoms with van der Waals surface area (Å²) in [6.45, 7) is 0. The van der Waals surface area contributed by atoms with E-state index in [1.807, 2.05) is 18.2 Å². The second kappa shape index (κ2) is 6.78. The van der Waals surface area contributed by atoms with Crippen LogP contribution in [0.4, 0.5) is 5.95 Å². The summed E-state index contributed by atoms with van der Waals surface area (Å²) in [6.07, 6.45) is 1.37. The van der Waals surface area contributed by atoms with Gasteiger partial charge in [-0.2, -0.15) is 9.97 Å². The summed E-state index contributed by atoms with van der Waals surface area (Å²) in [7, 11) is 2.96. The summed E-state index contributed by atoms with van der Waals surface area (Å²) in [4.78, 5) is 24.2. The third kappa shape index (κ3) is 3.32. The standard InChI is InChI=1S/C16H14N4O4/c1-22-12-8-13(23-2)20-16(19-12)17-9-11-15(21)24-14(18-11)10-6-4-3-5-7-10/h3-9H,1-2H3,(H,17,19,20). The van der Waals surface area contributed by atoms with E-state index in [1.165, 1.54) is 26.5 Å². The van der Waals surface area contributed by atoms with Gasteiger partial charge in [-0.3, -0.25) is 0 Å². The Morgan fingerprint density at radius 2 is 1.75 bits per heavy atom. The maximum Gasteiger partial charge on any atom is 0.365 e. The van der Waals surface area contributed by atoms with Gasteiger partial charge in [0.05, 0.1) is 20.3 Å². The topological polar surface area (TPSA) is 94.9 Å². The summed E-state index contributed by atoms with van der Waals surface area (Å²) in [5, 5.41) is 2.79. The number of hydrogen-bond acceptors (Lipinski definition) is 8. The van der Waals surface area contributed by atoms with Crippen LogP contribution in [0.1, 0.15) is 5.56 Å². The van der Waals surface area contributed by atoms with Gasteiger partial charge in [0, 0.05) is 11.8 Å². The SMILES string of the molecule is COc1cc(OC)nc(NC=C2N=C(c3ccccc3)OC2=O)n1. The van der Waals surface area contributed by atoms with Gasteiger partial charge in [0.1, 0.15) is 0 Å². The van der Waals surface area contributed by atoms with Crippen molar-refractivity contribution in [2.75, 3.05) is 19.5 Å². The fourth-order valence-electron chi connectivity index (χ4n) is 1.92. The minimum Gasteiger partial charge on any atom is -0.481 e. The van der Waals surface area contributed by atoms with Crippen LogP contribution in [0, 0.1) is 0 Å². The number of hydrogen-bond donors (Lipinski definition) is 1. The van der Waals surface area contributed by atoms with Gasteiger partial charge in [0.15, 0.2) is 5.70 Å². The number of carbonyl (C=O) groups excluding carboxylic acids is 1. The molecule has 8 nitrogen and oxygen atoms in total. The molecule has 122 valence electrons. The molecule has 0 fully saturated rings. The summed E-state index contributed by atoms with van der Waals surface area (Å²) in [6, 6.07) is 10.7. The van der Waals surface area contributed by atoms with Crippen LogP contribution in [0.2, 0.25) is 0 Å². The van der Waals surface area contributed by atoms with Crippen molar-refractivity contribution in [1.82, 2.24) is 9.97 Å². The Hall–Kier alpha value is -3.42. The predicted molar refractivity (Wildman–Crippen MR) is 85.9 cm³/mol. The van der Waals surface area contributed by atoms with E-state index in [1.54, 1.807) is 12.1 Å². The van der Waals surface area contributed by atoms with E-state index in [0.29, 0.717) is 17.3 Å². The highest BCUT2D eigenvalue weighted by molar-refractivity contribution is 6.11. The zero-order chi connectivity index (χ0) is 16.9. The van der Waals surface area contributed by atoms with Crippen molar-refractivity contribution >= 4 is 17.8 Å². The molecule has 1 aliphatic rings. The van der Waals surface area contributed by atoms with Crippen molar-refractivity contribution in [1.29, 1.82) is 0 Å². The Bertz CT molecular complexity index is 796. The number of methoxy groups -OCH3 is 2. The number of anilines is 1. The van der Waals surface area contributed by atoms with Gasteiger partial charge < -0.3 is 19.5 Å². The van der Waals surface area contributed by atoms with E-state index >= 15 is 0 Å². The van der Waals surface area contributed by atoms with E-state index < -0.39 is 5.97 Å². The lowest BCUT2D eigenvalue weighted by Crippen LogP contribution is -2.06. The molecular weight excluding hydrogens is 312 g/mol. The first-order valence-corrected chi connectivity index (χ1v) is 6.99. The largest absolute Gasteiger partial charge is 0.481 e. The van der Waals surface area contributed by atoms with Gasteiger partial charge in [-0.25, -0.2) is 9.79 Å². The van der Waals surface area contributed by atoms with Gasteiger partial charge >= 0.3 is 5.97 Å². The van der Waals surface area contributed by atoms with E-state index in [2.05, 4.69) is 20.3 Å². The van der Waals surface area contributed by atoms with Crippen molar-refractivity contribution in [3.05, 3.63) is 53.9 Å². The molecule has 3 rings (SSSR count). The lowest BCUT2D eigenvalue weighted by molar-refractivity contribution is -0.130. The van der Waals surface area contributed by atoms with Crippen molar-refractivity contribution in [2.45, 2.75) is 0 Å². The molecule has 8 heteroatoms. The molecule has 0 bridgehead atoms. The maximum absolute atomic E-state index is 11.9. The van der Waals surface area contributed by atoms with Gasteiger partial charge in [-0.1, -0.05) is 18.2 Å². The fourth-order valence-corrected chi connectivity index (χ4v) is 1.92. The van der Waals surface area contributed by atoms with E-state index in [0.717, 1.165) is 0 Å². The molecule has 1 aliphatic heterocycles. The van der Waals surface area contributed by atoms with Gasteiger partial charge in [-0.05, 0) is 12.1 Å². The normalized spacial score (nSPS) is 15.0. The molecule has 1 N–H and O–H groups in total. The molecule has 0 unspecified atom stereocenters. The summed E-state index contributed by atoms with van der Waals surface area (Å²) in [5.74, 6) is 0.541. The molecule has 0 saturated heterocycles. The number of esters is 1. The summed E-state index contributed by atoms with van der Waals surface area (Å²) < 4.78 is 15.3. The highest BCUT2D eigenvalue weighted by Gasteiger charge is 2.24. The molecule has 0 spiro atoms. The van der Waals surface area contributed by atoms with Gasteiger partial charge in [0.25, 0.3) is 0 Å². The van der Waals surface area contributed by atoms with Crippen molar-refractivity contribution < 1.29 is 19.0 Å². The smallest absolute Gasteiger partial charge is 0.365 e. The quantitative estimate of drug-likeness (QED) is 0.660. The number of carbonyl (C=O) groups is 1. The number of ether oxygens (including phenoxy) is 3. The minimum absolute atomic E-state index is 0.110. The van der Waals surface area contributed by atoms with Crippen molar-refractivity contribution in [3.63, 3.8) is 0 Å². The third-order valence-corrected chi connectivity index (χ3v) is 3.08. The highest BCUT2D eigenvalue weighted by Crippen LogP contribution is 2.19. The summed E-state index contributed by atoms with van der Waals surface area (Å²) in [5.41, 5.74) is 0.827. The first kappa shape index (κ1) is 15.5. The Kier molecular flexibility index (Phi) is 4.37. The molecule has 0 aliphatic carbocycles. The first-order chi connectivity index (χ1) is 11.7. The second-order valence-electron chi connectivity index (χ2n) is 4.62. The third-order valence-electron chi connectivity index (χ3n) is 3.08. The van der Waals surface area contributed by atoms with E-state index in [9.17, 15) is 4.79 Å². The van der Waals surface area contributed by atoms with Crippen molar-refractivity contribution in [2.24, 2.45) is 4.99 Å². The van der Waals surface area contributed by atoms with Crippen LogP contribution in [0.3, 0.4) is 0 Å². The van der Waals surface area contributed by atoms with Crippen LogP contribution in [0.5, 0.6) is 11.8 Å². The lowest BCUT2D eigenvalue weighted by atomic mass is 10.2. The molecule has 2 heterocycles. The molecule has 1 aromatic carbocycles. The van der Waals surface area contributed by atoms with Crippen LogP contribution >= 0.6 is 0 Å². The van der Waals surface area contributed by atoms with Crippen LogP contribution in [-0.2, 0) is 9.53 Å². The zero-order valence-electron chi connectivity index (χ0n) is 13.0. The fraction of sp³-hybridized carbons (Fsp3) is 0.125. The highest BCUT2D eigenvalue weighted by atomic mass is 16.6. The Morgan fingerprint density at radius 3 is 2.38 bits per heavy atom. The Labute approximate surface area is 137 Å². The van der Waals surface area contributed by atoms with Crippen LogP contribution < -0.4 is 14.8 Å². The molecular formula is C16H14N4O4. The average molecular weight is 326 g/mol. The molecule has 1 aromatic heterocycles. The monoisotopic (exact) mass is 326 g/mol. The maximum atomic E-state index is 11.9. The zero-order valence-corrected chi connectivity index (χ0v) is 13.0. The molecule has 2 aromatic rings. The van der Waals surface area contributed by atoms with Crippen LogP contribution in [-0.4, -0.2) is 36.1 Å². The lowest BCUT2D eigenvalue weighted by Gasteiger charge is -2.05. The number of aliphatic imine (C=N–C) groups is 1. The average Bonchev–Trinajstić information content (AvgIpc) is 3.01. The summed E-state index contributed by atoms with van der Waals surface area (Å²) >= 11 is 0.